The van der Waals surface area contributed by atoms with Crippen molar-refractivity contribution in [1.82, 2.24) is 9.91 Å². The summed E-state index contributed by atoms with van der Waals surface area (Å²) in [6.07, 6.45) is 6.71. The monoisotopic (exact) mass is 317 g/mol. The second kappa shape index (κ2) is 7.38. The number of unbranched alkanes of at least 4 members (excludes halogenated alkanes) is 3. The maximum atomic E-state index is 4.89. The van der Waals surface area contributed by atoms with Crippen LogP contribution in [-0.4, -0.2) is 65.9 Å². The van der Waals surface area contributed by atoms with Crippen molar-refractivity contribution in [2.45, 2.75) is 44.5 Å². The van der Waals surface area contributed by atoms with E-state index in [1.54, 1.807) is 0 Å². The highest BCUT2D eigenvalue weighted by atomic mass is 33.1. The Hall–Kier alpha value is 0.0900. The first-order valence-electron chi connectivity index (χ1n) is 7.77. The molecule has 20 heavy (non-hydrogen) atoms. The lowest BCUT2D eigenvalue weighted by Crippen LogP contribution is -2.55. The molecule has 2 atom stereocenters. The Morgan fingerprint density at radius 1 is 1.35 bits per heavy atom. The van der Waals surface area contributed by atoms with Crippen molar-refractivity contribution in [3.8, 4) is 0 Å². The molecule has 2 aliphatic rings. The largest absolute Gasteiger partial charge is 0.357 e. The predicted molar refractivity (Wildman–Crippen MR) is 91.5 cm³/mol. The van der Waals surface area contributed by atoms with Crippen molar-refractivity contribution in [3.63, 3.8) is 0 Å². The molecule has 2 unspecified atom stereocenters. The zero-order valence-corrected chi connectivity index (χ0v) is 15.0. The number of hydrogen-bond donors (Lipinski definition) is 0. The average Bonchev–Trinajstić information content (AvgIpc) is 3.01. The summed E-state index contributed by atoms with van der Waals surface area (Å²) in [4.78, 5) is 7.01. The zero-order valence-electron chi connectivity index (χ0n) is 13.3. The van der Waals surface area contributed by atoms with Crippen LogP contribution in [0.1, 0.15) is 39.0 Å². The summed E-state index contributed by atoms with van der Waals surface area (Å²) < 4.78 is 1.09. The predicted octanol–water partition coefficient (Wildman–Crippen LogP) is 3.23. The van der Waals surface area contributed by atoms with Gasteiger partial charge in [-0.2, -0.15) is 0 Å². The molecule has 0 amide bonds. The SMILES string of the molecule is CCCCCC[N+]1(C)CCCN1C1N=C(N(C)C)SS1. The van der Waals surface area contributed by atoms with E-state index in [2.05, 4.69) is 38.0 Å². The molecule has 1 saturated heterocycles. The number of nitrogens with zero attached hydrogens (tertiary/aromatic N) is 4. The molecule has 0 aromatic heterocycles. The van der Waals surface area contributed by atoms with Gasteiger partial charge >= 0.3 is 0 Å². The Balaban J connectivity index is 1.93. The molecule has 0 saturated carbocycles. The molecule has 2 rings (SSSR count). The lowest BCUT2D eigenvalue weighted by Gasteiger charge is -2.38. The molecule has 0 spiro atoms. The second-order valence-corrected chi connectivity index (χ2v) is 8.40. The minimum Gasteiger partial charge on any atom is -0.357 e. The van der Waals surface area contributed by atoms with Gasteiger partial charge in [0.25, 0.3) is 0 Å². The van der Waals surface area contributed by atoms with Crippen LogP contribution in [0.3, 0.4) is 0 Å². The van der Waals surface area contributed by atoms with Crippen molar-refractivity contribution >= 4 is 26.8 Å². The van der Waals surface area contributed by atoms with Gasteiger partial charge in [-0.25, -0.2) is 9.58 Å². The van der Waals surface area contributed by atoms with E-state index in [1.165, 1.54) is 51.7 Å². The van der Waals surface area contributed by atoms with Crippen LogP contribution in [0.15, 0.2) is 4.99 Å². The van der Waals surface area contributed by atoms with E-state index in [9.17, 15) is 0 Å². The van der Waals surface area contributed by atoms with E-state index >= 15 is 0 Å². The first-order valence-corrected chi connectivity index (χ1v) is 9.98. The zero-order chi connectivity index (χ0) is 14.6. The molecule has 0 N–H and O–H groups in total. The van der Waals surface area contributed by atoms with E-state index in [0.717, 1.165) is 9.76 Å². The first kappa shape index (κ1) is 16.5. The highest BCUT2D eigenvalue weighted by molar-refractivity contribution is 8.82. The smallest absolute Gasteiger partial charge is 0.206 e. The number of rotatable bonds is 6. The molecule has 4 nitrogen and oxygen atoms in total. The summed E-state index contributed by atoms with van der Waals surface area (Å²) in [7, 11) is 10.3. The highest BCUT2D eigenvalue weighted by Crippen LogP contribution is 2.41. The summed E-state index contributed by atoms with van der Waals surface area (Å²) in [6.45, 7) is 6.02. The van der Waals surface area contributed by atoms with Gasteiger partial charge in [-0.3, -0.25) is 0 Å². The van der Waals surface area contributed by atoms with Gasteiger partial charge in [0.15, 0.2) is 5.17 Å². The fraction of sp³-hybridized carbons (Fsp3) is 0.929. The molecule has 0 aromatic rings. The van der Waals surface area contributed by atoms with Crippen molar-refractivity contribution in [2.75, 3.05) is 40.8 Å². The number of hydrogen-bond acceptors (Lipinski definition) is 5. The average molecular weight is 318 g/mol. The molecule has 2 heterocycles. The van der Waals surface area contributed by atoms with Gasteiger partial charge in [0, 0.05) is 20.5 Å². The minimum atomic E-state index is 0.302. The lowest BCUT2D eigenvalue weighted by atomic mass is 10.2. The molecule has 116 valence electrons. The Bertz CT molecular complexity index is 348. The van der Waals surface area contributed by atoms with Crippen molar-refractivity contribution < 1.29 is 4.59 Å². The van der Waals surface area contributed by atoms with Gasteiger partial charge < -0.3 is 4.90 Å². The quantitative estimate of drug-likeness (QED) is 0.425. The van der Waals surface area contributed by atoms with Crippen LogP contribution in [0.5, 0.6) is 0 Å². The van der Waals surface area contributed by atoms with Crippen LogP contribution in [0.25, 0.3) is 0 Å². The van der Waals surface area contributed by atoms with Crippen LogP contribution in [0.4, 0.5) is 0 Å². The molecule has 2 aliphatic heterocycles. The van der Waals surface area contributed by atoms with E-state index in [4.69, 9.17) is 4.99 Å². The Morgan fingerprint density at radius 2 is 2.15 bits per heavy atom. The van der Waals surface area contributed by atoms with E-state index < -0.39 is 0 Å². The third-order valence-corrected chi connectivity index (χ3v) is 6.70. The number of aliphatic imine (C=N–C) groups is 1. The van der Waals surface area contributed by atoms with Gasteiger partial charge in [-0.1, -0.05) is 19.8 Å². The summed E-state index contributed by atoms with van der Waals surface area (Å²) in [5, 5.41) is 3.75. The number of quaternary nitrogens is 1. The maximum Gasteiger partial charge on any atom is 0.206 e. The fourth-order valence-electron chi connectivity index (χ4n) is 2.94. The molecular formula is C14H29N4S2+. The molecule has 1 fully saturated rings. The number of amidine groups is 1. The molecule has 0 bridgehead atoms. The molecular weight excluding hydrogens is 288 g/mol. The topological polar surface area (TPSA) is 18.8 Å². The van der Waals surface area contributed by atoms with E-state index in [0.29, 0.717) is 5.50 Å². The van der Waals surface area contributed by atoms with Crippen LogP contribution in [0.2, 0.25) is 0 Å². The second-order valence-electron chi connectivity index (χ2n) is 6.18. The van der Waals surface area contributed by atoms with Gasteiger partial charge in [0.05, 0.1) is 26.7 Å². The Kier molecular flexibility index (Phi) is 6.08. The van der Waals surface area contributed by atoms with E-state index in [-0.39, 0.29) is 0 Å². The molecule has 0 aromatic carbocycles. The van der Waals surface area contributed by atoms with Gasteiger partial charge in [-0.15, -0.1) is 5.01 Å². The Morgan fingerprint density at radius 3 is 2.80 bits per heavy atom. The normalized spacial score (nSPS) is 30.8. The third kappa shape index (κ3) is 3.84. The summed E-state index contributed by atoms with van der Waals surface area (Å²) in [5.41, 5.74) is 0.302. The minimum absolute atomic E-state index is 0.302. The van der Waals surface area contributed by atoms with Crippen LogP contribution in [0, 0.1) is 0 Å². The standard InChI is InChI=1S/C14H29N4S2/c1-5-6-7-8-11-18(4)12-9-10-17(18)14-15-13(16(2)3)19-20-14/h14H,5-12H2,1-4H3/q+1. The van der Waals surface area contributed by atoms with Crippen LogP contribution in [-0.2, 0) is 0 Å². The summed E-state index contributed by atoms with van der Waals surface area (Å²) in [6, 6.07) is 0. The van der Waals surface area contributed by atoms with Gasteiger partial charge in [-0.05, 0) is 34.4 Å². The first-order chi connectivity index (χ1) is 9.57. The molecule has 0 radical (unpaired) electrons. The molecule has 0 aliphatic carbocycles. The maximum absolute atomic E-state index is 4.89. The van der Waals surface area contributed by atoms with Gasteiger partial charge in [0.2, 0.25) is 5.50 Å². The lowest BCUT2D eigenvalue weighted by molar-refractivity contribution is -1.01. The molecule has 6 heteroatoms. The van der Waals surface area contributed by atoms with Crippen molar-refractivity contribution in [2.24, 2.45) is 4.99 Å². The Labute approximate surface area is 131 Å². The van der Waals surface area contributed by atoms with Crippen LogP contribution < -0.4 is 0 Å². The van der Waals surface area contributed by atoms with E-state index in [1.807, 2.05) is 21.6 Å². The van der Waals surface area contributed by atoms with Gasteiger partial charge in [0.1, 0.15) is 0 Å². The van der Waals surface area contributed by atoms with Crippen LogP contribution >= 0.6 is 21.6 Å². The third-order valence-electron chi connectivity index (χ3n) is 4.21. The fourth-order valence-corrected chi connectivity index (χ4v) is 5.57. The summed E-state index contributed by atoms with van der Waals surface area (Å²) in [5.74, 6) is 0. The highest BCUT2D eigenvalue weighted by Gasteiger charge is 2.43. The summed E-state index contributed by atoms with van der Waals surface area (Å²) >= 11 is 0. The van der Waals surface area contributed by atoms with Crippen molar-refractivity contribution in [1.29, 1.82) is 0 Å². The van der Waals surface area contributed by atoms with Crippen molar-refractivity contribution in [3.05, 3.63) is 0 Å².